The van der Waals surface area contributed by atoms with Crippen molar-refractivity contribution in [2.24, 2.45) is 0 Å². The van der Waals surface area contributed by atoms with E-state index in [0.29, 0.717) is 11.3 Å². The van der Waals surface area contributed by atoms with Crippen molar-refractivity contribution in [3.8, 4) is 0 Å². The number of nitrogens with zero attached hydrogens (tertiary/aromatic N) is 4. The Labute approximate surface area is 160 Å². The molecule has 0 aliphatic heterocycles. The summed E-state index contributed by atoms with van der Waals surface area (Å²) in [5.74, 6) is -0.174. The summed E-state index contributed by atoms with van der Waals surface area (Å²) in [6.07, 6.45) is 2.82. The second-order valence-corrected chi connectivity index (χ2v) is 6.29. The maximum Gasteiger partial charge on any atom is 0.229 e. The monoisotopic (exact) mass is 376 g/mol. The molecule has 0 saturated heterocycles. The topological polar surface area (TPSA) is 86.8 Å². The number of benzene rings is 2. The van der Waals surface area contributed by atoms with Gasteiger partial charge in [0.1, 0.15) is 0 Å². The number of halogens is 1. The number of hydrogen-bond acceptors (Lipinski definition) is 6. The van der Waals surface area contributed by atoms with E-state index in [-0.39, 0.29) is 17.5 Å². The van der Waals surface area contributed by atoms with Gasteiger partial charge in [0.2, 0.25) is 5.95 Å². The number of ketones is 1. The minimum absolute atomic E-state index is 0.0121. The molecule has 8 heteroatoms. The SMILES string of the molecule is CC(=O)c1ccc(Nc2ncc(F)c(N(C)c3cccc4[nH]ncc34)n2)cc1. The zero-order valence-electron chi connectivity index (χ0n) is 15.3. The molecule has 28 heavy (non-hydrogen) atoms. The quantitative estimate of drug-likeness (QED) is 0.508. The Bertz CT molecular complexity index is 1160. The molecule has 0 saturated carbocycles. The number of carbonyl (C=O) groups is 1. The summed E-state index contributed by atoms with van der Waals surface area (Å²) < 4.78 is 14.5. The Morgan fingerprint density at radius 3 is 2.68 bits per heavy atom. The third-order valence-corrected chi connectivity index (χ3v) is 4.41. The van der Waals surface area contributed by atoms with Gasteiger partial charge in [-0.1, -0.05) is 6.07 Å². The van der Waals surface area contributed by atoms with Crippen LogP contribution in [0.25, 0.3) is 10.9 Å². The number of carbonyl (C=O) groups excluding carboxylic acids is 1. The average Bonchev–Trinajstić information content (AvgIpc) is 3.18. The van der Waals surface area contributed by atoms with Gasteiger partial charge in [-0.05, 0) is 43.3 Å². The average molecular weight is 376 g/mol. The van der Waals surface area contributed by atoms with E-state index in [1.165, 1.54) is 6.92 Å². The largest absolute Gasteiger partial charge is 0.326 e. The fraction of sp³-hybridized carbons (Fsp3) is 0.100. The lowest BCUT2D eigenvalue weighted by Crippen LogP contribution is -2.15. The molecule has 2 aromatic heterocycles. The molecule has 0 amide bonds. The van der Waals surface area contributed by atoms with Gasteiger partial charge in [0.15, 0.2) is 17.4 Å². The van der Waals surface area contributed by atoms with Gasteiger partial charge in [0.05, 0.1) is 23.6 Å². The van der Waals surface area contributed by atoms with E-state index in [0.717, 1.165) is 22.8 Å². The molecular formula is C20H17FN6O. The molecule has 2 aromatic carbocycles. The van der Waals surface area contributed by atoms with Crippen molar-refractivity contribution in [1.82, 2.24) is 20.2 Å². The Hall–Kier alpha value is -3.81. The first-order chi connectivity index (χ1) is 13.5. The van der Waals surface area contributed by atoms with Gasteiger partial charge in [-0.15, -0.1) is 0 Å². The number of anilines is 4. The Balaban J connectivity index is 1.65. The van der Waals surface area contributed by atoms with Crippen LogP contribution < -0.4 is 10.2 Å². The molecule has 0 spiro atoms. The number of aromatic nitrogens is 4. The second kappa shape index (κ2) is 7.07. The first-order valence-electron chi connectivity index (χ1n) is 8.59. The summed E-state index contributed by atoms with van der Waals surface area (Å²) in [6, 6.07) is 12.5. The third kappa shape index (κ3) is 3.27. The van der Waals surface area contributed by atoms with Gasteiger partial charge in [-0.3, -0.25) is 9.89 Å². The molecule has 4 rings (SSSR count). The van der Waals surface area contributed by atoms with E-state index >= 15 is 0 Å². The van der Waals surface area contributed by atoms with Crippen molar-refractivity contribution < 1.29 is 9.18 Å². The van der Waals surface area contributed by atoms with Crippen LogP contribution in [-0.4, -0.2) is 33.0 Å². The van der Waals surface area contributed by atoms with Crippen LogP contribution in [0.5, 0.6) is 0 Å². The van der Waals surface area contributed by atoms with Gasteiger partial charge in [-0.25, -0.2) is 9.37 Å². The van der Waals surface area contributed by atoms with E-state index < -0.39 is 5.82 Å². The highest BCUT2D eigenvalue weighted by Gasteiger charge is 2.16. The molecule has 4 aromatic rings. The van der Waals surface area contributed by atoms with Gasteiger partial charge < -0.3 is 10.2 Å². The normalized spacial score (nSPS) is 10.8. The first-order valence-corrected chi connectivity index (χ1v) is 8.59. The number of H-pyrrole nitrogens is 1. The minimum Gasteiger partial charge on any atom is -0.326 e. The van der Waals surface area contributed by atoms with E-state index in [9.17, 15) is 9.18 Å². The zero-order chi connectivity index (χ0) is 19.7. The fourth-order valence-electron chi connectivity index (χ4n) is 2.93. The van der Waals surface area contributed by atoms with Crippen LogP contribution in [0, 0.1) is 5.82 Å². The van der Waals surface area contributed by atoms with Crippen molar-refractivity contribution in [3.63, 3.8) is 0 Å². The smallest absolute Gasteiger partial charge is 0.229 e. The lowest BCUT2D eigenvalue weighted by Gasteiger charge is -2.20. The van der Waals surface area contributed by atoms with Crippen LogP contribution >= 0.6 is 0 Å². The Kier molecular flexibility index (Phi) is 4.44. The molecule has 0 unspecified atom stereocenters. The summed E-state index contributed by atoms with van der Waals surface area (Å²) in [5, 5.41) is 10.8. The molecule has 0 aliphatic rings. The van der Waals surface area contributed by atoms with E-state index in [4.69, 9.17) is 0 Å². The standard InChI is InChI=1S/C20H17FN6O/c1-12(28)13-6-8-14(9-7-13)24-20-22-11-16(21)19(25-20)27(2)18-5-3-4-17-15(18)10-23-26-17/h3-11H,1-2H3,(H,23,26)(H,22,24,25). The van der Waals surface area contributed by atoms with E-state index in [1.54, 1.807) is 42.4 Å². The molecule has 2 heterocycles. The number of rotatable bonds is 5. The predicted molar refractivity (Wildman–Crippen MR) is 106 cm³/mol. The Morgan fingerprint density at radius 2 is 1.93 bits per heavy atom. The number of fused-ring (bicyclic) bond motifs is 1. The molecule has 0 atom stereocenters. The Morgan fingerprint density at radius 1 is 1.14 bits per heavy atom. The van der Waals surface area contributed by atoms with Crippen LogP contribution in [0.2, 0.25) is 0 Å². The van der Waals surface area contributed by atoms with Crippen molar-refractivity contribution in [2.75, 3.05) is 17.3 Å². The molecule has 2 N–H and O–H groups in total. The maximum absolute atomic E-state index is 14.5. The molecule has 0 radical (unpaired) electrons. The van der Waals surface area contributed by atoms with Gasteiger partial charge >= 0.3 is 0 Å². The highest BCUT2D eigenvalue weighted by atomic mass is 19.1. The zero-order valence-corrected chi connectivity index (χ0v) is 15.3. The van der Waals surface area contributed by atoms with Crippen molar-refractivity contribution in [3.05, 3.63) is 66.2 Å². The van der Waals surface area contributed by atoms with Crippen LogP contribution in [0.3, 0.4) is 0 Å². The van der Waals surface area contributed by atoms with Gasteiger partial charge in [-0.2, -0.15) is 10.1 Å². The number of aromatic amines is 1. The van der Waals surface area contributed by atoms with Crippen molar-refractivity contribution >= 4 is 39.8 Å². The summed E-state index contributed by atoms with van der Waals surface area (Å²) in [4.78, 5) is 21.4. The van der Waals surface area contributed by atoms with E-state index in [1.807, 2.05) is 18.2 Å². The van der Waals surface area contributed by atoms with Crippen LogP contribution in [0.1, 0.15) is 17.3 Å². The van der Waals surface area contributed by atoms with Crippen LogP contribution in [0.4, 0.5) is 27.5 Å². The van der Waals surface area contributed by atoms with Crippen molar-refractivity contribution in [2.45, 2.75) is 6.92 Å². The molecule has 0 aliphatic carbocycles. The summed E-state index contributed by atoms with van der Waals surface area (Å²) in [5.41, 5.74) is 2.92. The highest BCUT2D eigenvalue weighted by molar-refractivity contribution is 5.94. The lowest BCUT2D eigenvalue weighted by molar-refractivity contribution is 0.101. The molecular weight excluding hydrogens is 359 g/mol. The highest BCUT2D eigenvalue weighted by Crippen LogP contribution is 2.31. The maximum atomic E-state index is 14.5. The summed E-state index contributed by atoms with van der Waals surface area (Å²) in [6.45, 7) is 1.51. The predicted octanol–water partition coefficient (Wildman–Crippen LogP) is 4.21. The fourth-order valence-corrected chi connectivity index (χ4v) is 2.93. The minimum atomic E-state index is -0.541. The second-order valence-electron chi connectivity index (χ2n) is 6.29. The van der Waals surface area contributed by atoms with Crippen LogP contribution in [0.15, 0.2) is 54.9 Å². The summed E-state index contributed by atoms with van der Waals surface area (Å²) in [7, 11) is 1.73. The molecule has 0 fully saturated rings. The van der Waals surface area contributed by atoms with Crippen LogP contribution in [-0.2, 0) is 0 Å². The summed E-state index contributed by atoms with van der Waals surface area (Å²) >= 11 is 0. The van der Waals surface area contributed by atoms with Gasteiger partial charge in [0.25, 0.3) is 0 Å². The lowest BCUT2D eigenvalue weighted by atomic mass is 10.1. The molecule has 140 valence electrons. The number of Topliss-reactive ketones (excluding diaryl/α,β-unsaturated/α-hetero) is 1. The third-order valence-electron chi connectivity index (χ3n) is 4.41. The van der Waals surface area contributed by atoms with Gasteiger partial charge in [0, 0.05) is 23.7 Å². The van der Waals surface area contributed by atoms with E-state index in [2.05, 4.69) is 25.5 Å². The number of nitrogens with one attached hydrogen (secondary N) is 2. The first kappa shape index (κ1) is 17.6. The number of hydrogen-bond donors (Lipinski definition) is 2. The molecule has 0 bridgehead atoms. The van der Waals surface area contributed by atoms with Crippen molar-refractivity contribution in [1.29, 1.82) is 0 Å². The molecule has 7 nitrogen and oxygen atoms in total.